The van der Waals surface area contributed by atoms with Gasteiger partial charge in [0.2, 0.25) is 0 Å². The Morgan fingerprint density at radius 2 is 1.94 bits per heavy atom. The fraction of sp³-hybridized carbons (Fsp3) is 0.364. The topological polar surface area (TPSA) is 37.3 Å². The van der Waals surface area contributed by atoms with Crippen molar-refractivity contribution in [2.75, 3.05) is 0 Å². The largest absolute Gasteiger partial charge is 0.478 e. The zero-order valence-electron chi connectivity index (χ0n) is 8.67. The van der Waals surface area contributed by atoms with Crippen molar-refractivity contribution in [3.63, 3.8) is 0 Å². The lowest BCUT2D eigenvalue weighted by Crippen LogP contribution is -2.18. The molecule has 6 heteroatoms. The standard InChI is InChI=1S/C11H10ClF3O2/c12-8(6-11(13,14)15)5-7-3-1-2-4-9(7)10(16)17/h1-4,8H,5-6H2,(H,16,17). The summed E-state index contributed by atoms with van der Waals surface area (Å²) in [6.45, 7) is 0. The highest BCUT2D eigenvalue weighted by atomic mass is 35.5. The van der Waals surface area contributed by atoms with Gasteiger partial charge in [0, 0.05) is 5.38 Å². The summed E-state index contributed by atoms with van der Waals surface area (Å²) in [5.41, 5.74) is 0.296. The molecule has 0 bridgehead atoms. The molecule has 2 nitrogen and oxygen atoms in total. The van der Waals surface area contributed by atoms with Gasteiger partial charge in [-0.25, -0.2) is 4.79 Å². The van der Waals surface area contributed by atoms with Crippen LogP contribution in [0.4, 0.5) is 13.2 Å². The molecule has 17 heavy (non-hydrogen) atoms. The first kappa shape index (κ1) is 13.8. The smallest absolute Gasteiger partial charge is 0.390 e. The molecule has 94 valence electrons. The summed E-state index contributed by atoms with van der Waals surface area (Å²) in [5, 5.41) is 7.69. The van der Waals surface area contributed by atoms with Crippen LogP contribution in [0.15, 0.2) is 24.3 Å². The molecule has 0 heterocycles. The van der Waals surface area contributed by atoms with Gasteiger partial charge in [-0.15, -0.1) is 11.6 Å². The van der Waals surface area contributed by atoms with E-state index in [2.05, 4.69) is 0 Å². The molecule has 1 rings (SSSR count). The molecule has 1 atom stereocenters. The molecule has 0 saturated carbocycles. The van der Waals surface area contributed by atoms with Crippen molar-refractivity contribution < 1.29 is 23.1 Å². The Morgan fingerprint density at radius 1 is 1.35 bits per heavy atom. The fourth-order valence-electron chi connectivity index (χ4n) is 1.47. The Kier molecular flexibility index (Phi) is 4.40. The lowest BCUT2D eigenvalue weighted by Gasteiger charge is -2.13. The van der Waals surface area contributed by atoms with Crippen LogP contribution in [0.1, 0.15) is 22.3 Å². The molecule has 0 amide bonds. The minimum Gasteiger partial charge on any atom is -0.478 e. The van der Waals surface area contributed by atoms with E-state index in [0.29, 0.717) is 5.56 Å². The second kappa shape index (κ2) is 5.40. The summed E-state index contributed by atoms with van der Waals surface area (Å²) >= 11 is 5.56. The fourth-order valence-corrected chi connectivity index (χ4v) is 1.81. The molecule has 0 spiro atoms. The summed E-state index contributed by atoms with van der Waals surface area (Å²) in [7, 11) is 0. The van der Waals surface area contributed by atoms with Crippen LogP contribution >= 0.6 is 11.6 Å². The summed E-state index contributed by atoms with van der Waals surface area (Å²) in [5.74, 6) is -1.17. The second-order valence-corrected chi connectivity index (χ2v) is 4.20. The molecular formula is C11H10ClF3O2. The van der Waals surface area contributed by atoms with E-state index < -0.39 is 23.9 Å². The van der Waals surface area contributed by atoms with Crippen molar-refractivity contribution in [1.29, 1.82) is 0 Å². The molecule has 0 aliphatic rings. The number of aromatic carboxylic acids is 1. The maximum atomic E-state index is 12.1. The lowest BCUT2D eigenvalue weighted by molar-refractivity contribution is -0.134. The lowest BCUT2D eigenvalue weighted by atomic mass is 10.0. The van der Waals surface area contributed by atoms with E-state index in [1.165, 1.54) is 18.2 Å². The molecule has 0 aromatic heterocycles. The highest BCUT2D eigenvalue weighted by molar-refractivity contribution is 6.20. The normalized spacial score (nSPS) is 13.4. The van der Waals surface area contributed by atoms with E-state index in [9.17, 15) is 18.0 Å². The highest BCUT2D eigenvalue weighted by Crippen LogP contribution is 2.26. The molecule has 1 N–H and O–H groups in total. The number of carbonyl (C=O) groups is 1. The van der Waals surface area contributed by atoms with Crippen LogP contribution in [-0.2, 0) is 6.42 Å². The van der Waals surface area contributed by atoms with E-state index in [4.69, 9.17) is 16.7 Å². The molecule has 1 unspecified atom stereocenters. The molecule has 0 fully saturated rings. The highest BCUT2D eigenvalue weighted by Gasteiger charge is 2.31. The predicted molar refractivity (Wildman–Crippen MR) is 57.4 cm³/mol. The van der Waals surface area contributed by atoms with Crippen molar-refractivity contribution in [3.8, 4) is 0 Å². The first-order valence-corrected chi connectivity index (χ1v) is 5.25. The molecular weight excluding hydrogens is 257 g/mol. The molecule has 0 radical (unpaired) electrons. The Balaban J connectivity index is 2.78. The van der Waals surface area contributed by atoms with Crippen molar-refractivity contribution in [1.82, 2.24) is 0 Å². The number of hydrogen-bond acceptors (Lipinski definition) is 1. The quantitative estimate of drug-likeness (QED) is 0.847. The SMILES string of the molecule is O=C(O)c1ccccc1CC(Cl)CC(F)(F)F. The first-order chi connectivity index (χ1) is 7.79. The average Bonchev–Trinajstić information content (AvgIpc) is 2.14. The maximum absolute atomic E-state index is 12.1. The Hall–Kier alpha value is -1.23. The number of hydrogen-bond donors (Lipinski definition) is 1. The van der Waals surface area contributed by atoms with E-state index in [0.717, 1.165) is 0 Å². The van der Waals surface area contributed by atoms with Gasteiger partial charge in [-0.3, -0.25) is 0 Å². The summed E-state index contributed by atoms with van der Waals surface area (Å²) in [6, 6.07) is 5.89. The number of carboxylic acids is 1. The van der Waals surface area contributed by atoms with Gasteiger partial charge in [0.1, 0.15) is 0 Å². The van der Waals surface area contributed by atoms with Gasteiger partial charge < -0.3 is 5.11 Å². The third-order valence-electron chi connectivity index (χ3n) is 2.14. The molecule has 1 aromatic rings. The van der Waals surface area contributed by atoms with E-state index in [-0.39, 0.29) is 12.0 Å². The number of carboxylic acid groups (broad SMARTS) is 1. The third kappa shape index (κ3) is 4.65. The zero-order chi connectivity index (χ0) is 13.1. The molecule has 0 aliphatic carbocycles. The maximum Gasteiger partial charge on any atom is 0.390 e. The van der Waals surface area contributed by atoms with Crippen LogP contribution < -0.4 is 0 Å². The van der Waals surface area contributed by atoms with E-state index in [1.54, 1.807) is 6.07 Å². The molecule has 1 aromatic carbocycles. The van der Waals surface area contributed by atoms with Crippen molar-refractivity contribution in [2.24, 2.45) is 0 Å². The third-order valence-corrected chi connectivity index (χ3v) is 2.45. The van der Waals surface area contributed by atoms with Crippen LogP contribution in [0.2, 0.25) is 0 Å². The summed E-state index contributed by atoms with van der Waals surface area (Å²) in [6.07, 6.45) is -5.60. The Morgan fingerprint density at radius 3 is 2.47 bits per heavy atom. The first-order valence-electron chi connectivity index (χ1n) is 4.81. The van der Waals surface area contributed by atoms with Gasteiger partial charge in [0.15, 0.2) is 0 Å². The molecule has 0 saturated heterocycles. The number of halogens is 4. The minimum atomic E-state index is -4.34. The van der Waals surface area contributed by atoms with Gasteiger partial charge in [-0.1, -0.05) is 18.2 Å². The summed E-state index contributed by atoms with van der Waals surface area (Å²) in [4.78, 5) is 10.8. The monoisotopic (exact) mass is 266 g/mol. The van der Waals surface area contributed by atoms with E-state index >= 15 is 0 Å². The molecule has 0 aliphatic heterocycles. The number of benzene rings is 1. The van der Waals surface area contributed by atoms with Gasteiger partial charge in [-0.2, -0.15) is 13.2 Å². The average molecular weight is 267 g/mol. The zero-order valence-corrected chi connectivity index (χ0v) is 9.42. The minimum absolute atomic E-state index is 0.0136. The number of rotatable bonds is 4. The number of alkyl halides is 4. The van der Waals surface area contributed by atoms with Gasteiger partial charge >= 0.3 is 12.1 Å². The van der Waals surface area contributed by atoms with E-state index in [1.807, 2.05) is 0 Å². The summed E-state index contributed by atoms with van der Waals surface area (Å²) < 4.78 is 36.2. The predicted octanol–water partition coefficient (Wildman–Crippen LogP) is 3.49. The van der Waals surface area contributed by atoms with Gasteiger partial charge in [-0.05, 0) is 18.1 Å². The van der Waals surface area contributed by atoms with Crippen LogP contribution in [0, 0.1) is 0 Å². The van der Waals surface area contributed by atoms with Gasteiger partial charge in [0.05, 0.1) is 12.0 Å². The van der Waals surface area contributed by atoms with Gasteiger partial charge in [0.25, 0.3) is 0 Å². The Bertz CT molecular complexity index is 404. The van der Waals surface area contributed by atoms with Crippen molar-refractivity contribution >= 4 is 17.6 Å². The van der Waals surface area contributed by atoms with Crippen molar-refractivity contribution in [3.05, 3.63) is 35.4 Å². The van der Waals surface area contributed by atoms with Crippen LogP contribution in [0.5, 0.6) is 0 Å². The van der Waals surface area contributed by atoms with Crippen molar-refractivity contribution in [2.45, 2.75) is 24.4 Å². The van der Waals surface area contributed by atoms with Crippen LogP contribution in [0.3, 0.4) is 0 Å². The van der Waals surface area contributed by atoms with Crippen LogP contribution in [-0.4, -0.2) is 22.6 Å². The van der Waals surface area contributed by atoms with Crippen LogP contribution in [0.25, 0.3) is 0 Å². The Labute approximate surface area is 101 Å². The second-order valence-electron chi connectivity index (χ2n) is 3.58.